The molecule has 0 saturated carbocycles. The zero-order valence-corrected chi connectivity index (χ0v) is 13.7. The molecule has 0 aromatic carbocycles. The number of ether oxygens (including phenoxy) is 1. The summed E-state index contributed by atoms with van der Waals surface area (Å²) in [7, 11) is 0. The molecule has 1 aliphatic rings. The first kappa shape index (κ1) is 17.8. The van der Waals surface area contributed by atoms with Gasteiger partial charge in [0.1, 0.15) is 6.33 Å². The zero-order valence-electron chi connectivity index (χ0n) is 12.9. The van der Waals surface area contributed by atoms with Gasteiger partial charge in [0, 0.05) is 26.2 Å². The SMILES string of the molecule is CCOC(=O)CCN1CCN(c2ncnc(Cl)c2F)C[C@@H]1CO. The lowest BCUT2D eigenvalue weighted by Crippen LogP contribution is -2.55. The second-order valence-electron chi connectivity index (χ2n) is 5.18. The standard InChI is InChI=1S/C14H20ClFN4O3/c1-2-23-11(22)3-4-19-5-6-20(7-10(19)8-21)14-12(16)13(15)17-9-18-14/h9-10,21H,2-8H2,1H3/t10-/m1/s1. The highest BCUT2D eigenvalue weighted by Gasteiger charge is 2.29. The number of hydrogen-bond donors (Lipinski definition) is 1. The average molecular weight is 347 g/mol. The van der Waals surface area contributed by atoms with E-state index in [2.05, 4.69) is 9.97 Å². The smallest absolute Gasteiger partial charge is 0.307 e. The summed E-state index contributed by atoms with van der Waals surface area (Å²) in [4.78, 5) is 22.7. The Bertz CT molecular complexity index is 549. The molecule has 9 heteroatoms. The third-order valence-corrected chi connectivity index (χ3v) is 4.02. The highest BCUT2D eigenvalue weighted by molar-refractivity contribution is 6.29. The van der Waals surface area contributed by atoms with Crippen LogP contribution in [0.25, 0.3) is 0 Å². The van der Waals surface area contributed by atoms with E-state index in [0.29, 0.717) is 32.8 Å². The minimum atomic E-state index is -0.661. The number of nitrogens with zero attached hydrogens (tertiary/aromatic N) is 4. The molecule has 0 spiro atoms. The molecule has 0 radical (unpaired) electrons. The maximum absolute atomic E-state index is 14.0. The molecule has 1 atom stereocenters. The number of carbonyl (C=O) groups excluding carboxylic acids is 1. The van der Waals surface area contributed by atoms with Crippen LogP contribution in [0, 0.1) is 5.82 Å². The van der Waals surface area contributed by atoms with Gasteiger partial charge in [-0.2, -0.15) is 4.39 Å². The predicted molar refractivity (Wildman–Crippen MR) is 82.9 cm³/mol. The highest BCUT2D eigenvalue weighted by Crippen LogP contribution is 2.23. The second kappa shape index (κ2) is 8.37. The molecule has 0 aliphatic carbocycles. The Labute approximate surface area is 139 Å². The number of aromatic nitrogens is 2. The molecule has 0 amide bonds. The maximum atomic E-state index is 14.0. The van der Waals surface area contributed by atoms with Gasteiger partial charge in [0.15, 0.2) is 11.0 Å². The van der Waals surface area contributed by atoms with Crippen molar-refractivity contribution in [3.63, 3.8) is 0 Å². The van der Waals surface area contributed by atoms with Crippen molar-refractivity contribution in [2.75, 3.05) is 44.3 Å². The van der Waals surface area contributed by atoms with E-state index in [9.17, 15) is 14.3 Å². The molecule has 1 aliphatic heterocycles. The van der Waals surface area contributed by atoms with Crippen molar-refractivity contribution in [1.82, 2.24) is 14.9 Å². The van der Waals surface area contributed by atoms with Crippen molar-refractivity contribution >= 4 is 23.4 Å². The Morgan fingerprint density at radius 1 is 1.52 bits per heavy atom. The van der Waals surface area contributed by atoms with Crippen LogP contribution in [0.3, 0.4) is 0 Å². The zero-order chi connectivity index (χ0) is 16.8. The molecule has 1 aromatic heterocycles. The summed E-state index contributed by atoms with van der Waals surface area (Å²) in [6, 6.07) is -0.216. The summed E-state index contributed by atoms with van der Waals surface area (Å²) in [6.45, 7) is 3.99. The third kappa shape index (κ3) is 4.49. The minimum Gasteiger partial charge on any atom is -0.466 e. The number of anilines is 1. The monoisotopic (exact) mass is 346 g/mol. The predicted octanol–water partition coefficient (Wildman–Crippen LogP) is 0.705. The molecular formula is C14H20ClFN4O3. The number of hydrogen-bond acceptors (Lipinski definition) is 7. The van der Waals surface area contributed by atoms with Gasteiger partial charge in [-0.15, -0.1) is 0 Å². The van der Waals surface area contributed by atoms with Crippen LogP contribution in [0.1, 0.15) is 13.3 Å². The number of aliphatic hydroxyl groups excluding tert-OH is 1. The number of carbonyl (C=O) groups is 1. The first-order valence-electron chi connectivity index (χ1n) is 7.48. The lowest BCUT2D eigenvalue weighted by Gasteiger charge is -2.41. The molecule has 2 heterocycles. The second-order valence-corrected chi connectivity index (χ2v) is 5.53. The number of halogens is 2. The first-order valence-corrected chi connectivity index (χ1v) is 7.86. The van der Waals surface area contributed by atoms with Crippen molar-refractivity contribution in [2.24, 2.45) is 0 Å². The average Bonchev–Trinajstić information content (AvgIpc) is 2.55. The van der Waals surface area contributed by atoms with Gasteiger partial charge >= 0.3 is 5.97 Å². The normalized spacial score (nSPS) is 19.0. The van der Waals surface area contributed by atoms with E-state index in [0.717, 1.165) is 0 Å². The molecule has 23 heavy (non-hydrogen) atoms. The van der Waals surface area contributed by atoms with Gasteiger partial charge in [0.25, 0.3) is 0 Å². The van der Waals surface area contributed by atoms with E-state index in [-0.39, 0.29) is 36.0 Å². The van der Waals surface area contributed by atoms with E-state index in [1.54, 1.807) is 11.8 Å². The van der Waals surface area contributed by atoms with Crippen molar-refractivity contribution in [3.8, 4) is 0 Å². The van der Waals surface area contributed by atoms with Crippen molar-refractivity contribution < 1.29 is 19.0 Å². The van der Waals surface area contributed by atoms with Crippen LogP contribution in [-0.4, -0.2) is 71.4 Å². The van der Waals surface area contributed by atoms with Crippen molar-refractivity contribution in [2.45, 2.75) is 19.4 Å². The van der Waals surface area contributed by atoms with Crippen LogP contribution in [-0.2, 0) is 9.53 Å². The van der Waals surface area contributed by atoms with E-state index < -0.39 is 5.82 Å². The summed E-state index contributed by atoms with van der Waals surface area (Å²) < 4.78 is 18.9. The van der Waals surface area contributed by atoms with Gasteiger partial charge in [-0.3, -0.25) is 9.69 Å². The van der Waals surface area contributed by atoms with Gasteiger partial charge in [-0.1, -0.05) is 11.6 Å². The molecule has 128 valence electrons. The number of esters is 1. The fourth-order valence-corrected chi connectivity index (χ4v) is 2.71. The molecular weight excluding hydrogens is 327 g/mol. The Morgan fingerprint density at radius 3 is 3.00 bits per heavy atom. The molecule has 0 bridgehead atoms. The van der Waals surface area contributed by atoms with Gasteiger partial charge in [-0.25, -0.2) is 9.97 Å². The summed E-state index contributed by atoms with van der Waals surface area (Å²) in [5, 5.41) is 9.36. The van der Waals surface area contributed by atoms with E-state index in [1.165, 1.54) is 6.33 Å². The highest BCUT2D eigenvalue weighted by atomic mass is 35.5. The largest absolute Gasteiger partial charge is 0.466 e. The Balaban J connectivity index is 1.98. The lowest BCUT2D eigenvalue weighted by molar-refractivity contribution is -0.143. The number of aliphatic hydroxyl groups is 1. The Morgan fingerprint density at radius 2 is 2.30 bits per heavy atom. The van der Waals surface area contributed by atoms with Crippen LogP contribution in [0.5, 0.6) is 0 Å². The summed E-state index contributed by atoms with van der Waals surface area (Å²) in [5.74, 6) is -0.792. The fraction of sp³-hybridized carbons (Fsp3) is 0.643. The van der Waals surface area contributed by atoms with Gasteiger partial charge in [-0.05, 0) is 6.92 Å². The molecule has 1 N–H and O–H groups in total. The van der Waals surface area contributed by atoms with Crippen LogP contribution < -0.4 is 4.90 Å². The van der Waals surface area contributed by atoms with Gasteiger partial charge < -0.3 is 14.7 Å². The van der Waals surface area contributed by atoms with Gasteiger partial charge in [0.2, 0.25) is 5.82 Å². The van der Waals surface area contributed by atoms with E-state index in [4.69, 9.17) is 16.3 Å². The molecule has 1 aromatic rings. The topological polar surface area (TPSA) is 78.8 Å². The van der Waals surface area contributed by atoms with Crippen LogP contribution in [0.2, 0.25) is 5.15 Å². The minimum absolute atomic E-state index is 0.0975. The van der Waals surface area contributed by atoms with E-state index in [1.807, 2.05) is 4.90 Å². The molecule has 0 unspecified atom stereocenters. The Kier molecular flexibility index (Phi) is 6.49. The quantitative estimate of drug-likeness (QED) is 0.600. The summed E-state index contributed by atoms with van der Waals surface area (Å²) in [6.07, 6.45) is 1.47. The Hall–Kier alpha value is -1.51. The fourth-order valence-electron chi connectivity index (χ4n) is 2.58. The first-order chi connectivity index (χ1) is 11.1. The van der Waals surface area contributed by atoms with Crippen molar-refractivity contribution in [1.29, 1.82) is 0 Å². The van der Waals surface area contributed by atoms with Crippen LogP contribution in [0.4, 0.5) is 10.2 Å². The molecule has 7 nitrogen and oxygen atoms in total. The lowest BCUT2D eigenvalue weighted by atomic mass is 10.1. The van der Waals surface area contributed by atoms with Gasteiger partial charge in [0.05, 0.1) is 25.7 Å². The molecule has 2 rings (SSSR count). The number of piperazine rings is 1. The third-order valence-electron chi connectivity index (χ3n) is 3.75. The van der Waals surface area contributed by atoms with Crippen LogP contribution >= 0.6 is 11.6 Å². The van der Waals surface area contributed by atoms with Crippen molar-refractivity contribution in [3.05, 3.63) is 17.3 Å². The summed E-state index contributed by atoms with van der Waals surface area (Å²) in [5.41, 5.74) is 0. The van der Waals surface area contributed by atoms with Crippen LogP contribution in [0.15, 0.2) is 6.33 Å². The number of rotatable bonds is 6. The maximum Gasteiger partial charge on any atom is 0.307 e. The summed E-state index contributed by atoms with van der Waals surface area (Å²) >= 11 is 5.68. The molecule has 1 fully saturated rings. The van der Waals surface area contributed by atoms with E-state index >= 15 is 0 Å². The molecule has 1 saturated heterocycles.